The molecule has 0 aliphatic carbocycles. The second-order valence-corrected chi connectivity index (χ2v) is 5.32. The highest BCUT2D eigenvalue weighted by atomic mass is 15.3. The van der Waals surface area contributed by atoms with Crippen molar-refractivity contribution in [2.45, 2.75) is 13.8 Å². The van der Waals surface area contributed by atoms with E-state index in [1.807, 2.05) is 32.0 Å². The molecule has 0 radical (unpaired) electrons. The predicted molar refractivity (Wildman–Crippen MR) is 88.9 cm³/mol. The van der Waals surface area contributed by atoms with Gasteiger partial charge in [0.2, 0.25) is 0 Å². The van der Waals surface area contributed by atoms with Gasteiger partial charge in [0.05, 0.1) is 5.57 Å². The average molecular weight is 301 g/mol. The fourth-order valence-electron chi connectivity index (χ4n) is 2.40. The second-order valence-electron chi connectivity index (χ2n) is 5.32. The summed E-state index contributed by atoms with van der Waals surface area (Å²) < 4.78 is 1.55. The topological polar surface area (TPSA) is 67.4 Å². The van der Waals surface area contributed by atoms with Crippen LogP contribution in [0.2, 0.25) is 0 Å². The molecular weight excluding hydrogens is 286 g/mol. The van der Waals surface area contributed by atoms with Gasteiger partial charge in [0.25, 0.3) is 0 Å². The number of nitriles is 1. The predicted octanol–water partition coefficient (Wildman–Crippen LogP) is 3.48. The van der Waals surface area contributed by atoms with Crippen molar-refractivity contribution in [1.29, 1.82) is 5.26 Å². The lowest BCUT2D eigenvalue weighted by Gasteiger charge is -2.01. The molecule has 0 spiro atoms. The van der Waals surface area contributed by atoms with E-state index in [1.54, 1.807) is 35.7 Å². The Hall–Kier alpha value is -3.26. The van der Waals surface area contributed by atoms with Crippen molar-refractivity contribution >= 4 is 11.8 Å². The number of benzene rings is 1. The number of hydrogen-bond donors (Lipinski definition) is 0. The van der Waals surface area contributed by atoms with Crippen LogP contribution < -0.4 is 0 Å². The number of hydrogen-bond acceptors (Lipinski definition) is 4. The zero-order valence-corrected chi connectivity index (χ0v) is 12.9. The first kappa shape index (κ1) is 14.7. The van der Waals surface area contributed by atoms with E-state index in [4.69, 9.17) is 0 Å². The smallest absolute Gasteiger partial charge is 0.181 e. The number of aromatic nitrogens is 4. The van der Waals surface area contributed by atoms with Gasteiger partial charge in [0.1, 0.15) is 12.4 Å². The fourth-order valence-corrected chi connectivity index (χ4v) is 2.40. The summed E-state index contributed by atoms with van der Waals surface area (Å²) in [5.41, 5.74) is 4.53. The molecule has 23 heavy (non-hydrogen) atoms. The van der Waals surface area contributed by atoms with Crippen LogP contribution >= 0.6 is 0 Å². The summed E-state index contributed by atoms with van der Waals surface area (Å²) in [5, 5.41) is 13.8. The van der Waals surface area contributed by atoms with E-state index in [0.717, 1.165) is 11.1 Å². The molecule has 0 N–H and O–H groups in total. The van der Waals surface area contributed by atoms with Crippen LogP contribution in [0.5, 0.6) is 0 Å². The lowest BCUT2D eigenvalue weighted by Crippen LogP contribution is -1.92. The van der Waals surface area contributed by atoms with E-state index in [2.05, 4.69) is 27.2 Å². The molecule has 3 rings (SSSR count). The van der Waals surface area contributed by atoms with Crippen molar-refractivity contribution in [3.63, 3.8) is 0 Å². The van der Waals surface area contributed by atoms with E-state index in [-0.39, 0.29) is 0 Å². The summed E-state index contributed by atoms with van der Waals surface area (Å²) in [5.74, 6) is 0.636. The zero-order valence-electron chi connectivity index (χ0n) is 12.9. The van der Waals surface area contributed by atoms with E-state index < -0.39 is 0 Å². The van der Waals surface area contributed by atoms with Crippen LogP contribution in [0.1, 0.15) is 16.7 Å². The van der Waals surface area contributed by atoms with Crippen LogP contribution in [0, 0.1) is 25.2 Å². The van der Waals surface area contributed by atoms with Crippen molar-refractivity contribution < 1.29 is 0 Å². The third kappa shape index (κ3) is 3.33. The molecule has 0 bridgehead atoms. The minimum Gasteiger partial charge on any atom is -0.264 e. The highest BCUT2D eigenvalue weighted by Crippen LogP contribution is 2.19. The molecule has 5 heteroatoms. The standard InChI is InChI=1S/C18H15N5/c1-13-6-14(2)8-16(7-13)18-21-12-23(22-18)11-17(9-19)15-4-3-5-20-10-15/h3-8,10-12H,1-2H3/b17-11-. The van der Waals surface area contributed by atoms with Gasteiger partial charge in [-0.2, -0.15) is 5.26 Å². The molecule has 0 unspecified atom stereocenters. The number of aryl methyl sites for hydroxylation is 2. The Labute approximate surface area is 134 Å². The van der Waals surface area contributed by atoms with Crippen molar-refractivity contribution in [2.75, 3.05) is 0 Å². The van der Waals surface area contributed by atoms with Gasteiger partial charge in [-0.15, -0.1) is 5.10 Å². The Balaban J connectivity index is 1.96. The number of rotatable bonds is 3. The Morgan fingerprint density at radius 2 is 2.00 bits per heavy atom. The quantitative estimate of drug-likeness (QED) is 0.695. The van der Waals surface area contributed by atoms with Crippen LogP contribution in [0.15, 0.2) is 49.1 Å². The SMILES string of the molecule is Cc1cc(C)cc(-c2ncn(/C=C(/C#N)c3cccnc3)n2)c1. The van der Waals surface area contributed by atoms with Gasteiger partial charge in [-0.25, -0.2) is 9.67 Å². The van der Waals surface area contributed by atoms with Gasteiger partial charge in [-0.05, 0) is 32.0 Å². The summed E-state index contributed by atoms with van der Waals surface area (Å²) in [6, 6.07) is 12.0. The van der Waals surface area contributed by atoms with Gasteiger partial charge in [0.15, 0.2) is 5.82 Å². The highest BCUT2D eigenvalue weighted by Gasteiger charge is 2.06. The maximum Gasteiger partial charge on any atom is 0.181 e. The van der Waals surface area contributed by atoms with E-state index in [9.17, 15) is 5.26 Å². The van der Waals surface area contributed by atoms with Gasteiger partial charge < -0.3 is 0 Å². The Morgan fingerprint density at radius 3 is 2.65 bits per heavy atom. The van der Waals surface area contributed by atoms with Gasteiger partial charge in [0, 0.05) is 29.7 Å². The average Bonchev–Trinajstić information content (AvgIpc) is 3.01. The molecule has 0 aliphatic heterocycles. The minimum atomic E-state index is 0.481. The lowest BCUT2D eigenvalue weighted by molar-refractivity contribution is 0.938. The van der Waals surface area contributed by atoms with Crippen molar-refractivity contribution in [2.24, 2.45) is 0 Å². The van der Waals surface area contributed by atoms with Crippen LogP contribution in [-0.4, -0.2) is 19.7 Å². The molecule has 2 heterocycles. The van der Waals surface area contributed by atoms with Crippen LogP contribution in [0.25, 0.3) is 23.2 Å². The molecule has 2 aromatic heterocycles. The molecule has 3 aromatic rings. The van der Waals surface area contributed by atoms with Crippen molar-refractivity contribution in [1.82, 2.24) is 19.7 Å². The molecule has 0 aliphatic rings. The van der Waals surface area contributed by atoms with Crippen LogP contribution in [-0.2, 0) is 0 Å². The van der Waals surface area contributed by atoms with Crippen molar-refractivity contribution in [3.05, 3.63) is 65.7 Å². The first-order chi connectivity index (χ1) is 11.2. The Morgan fingerprint density at radius 1 is 1.22 bits per heavy atom. The molecule has 5 nitrogen and oxygen atoms in total. The molecule has 0 amide bonds. The molecule has 0 atom stereocenters. The first-order valence-electron chi connectivity index (χ1n) is 7.18. The highest BCUT2D eigenvalue weighted by molar-refractivity contribution is 5.84. The third-order valence-corrected chi connectivity index (χ3v) is 3.34. The number of pyridine rings is 1. The third-order valence-electron chi connectivity index (χ3n) is 3.34. The van der Waals surface area contributed by atoms with Crippen LogP contribution in [0.3, 0.4) is 0 Å². The molecule has 112 valence electrons. The summed E-state index contributed by atoms with van der Waals surface area (Å²) in [4.78, 5) is 8.36. The first-order valence-corrected chi connectivity index (χ1v) is 7.18. The molecule has 0 fully saturated rings. The van der Waals surface area contributed by atoms with Gasteiger partial charge >= 0.3 is 0 Å². The van der Waals surface area contributed by atoms with Crippen LogP contribution in [0.4, 0.5) is 0 Å². The second kappa shape index (κ2) is 6.24. The van der Waals surface area contributed by atoms with E-state index >= 15 is 0 Å². The summed E-state index contributed by atoms with van der Waals surface area (Å²) in [6.07, 6.45) is 6.57. The summed E-state index contributed by atoms with van der Waals surface area (Å²) >= 11 is 0. The molecule has 1 aromatic carbocycles. The fraction of sp³-hybridized carbons (Fsp3) is 0.111. The van der Waals surface area contributed by atoms with E-state index in [0.29, 0.717) is 11.4 Å². The maximum atomic E-state index is 9.33. The number of nitrogens with zero attached hydrogens (tertiary/aromatic N) is 5. The number of allylic oxidation sites excluding steroid dienone is 1. The monoisotopic (exact) mass is 301 g/mol. The molecule has 0 saturated carbocycles. The zero-order chi connectivity index (χ0) is 16.2. The molecule has 0 saturated heterocycles. The summed E-state index contributed by atoms with van der Waals surface area (Å²) in [7, 11) is 0. The van der Waals surface area contributed by atoms with Gasteiger partial charge in [-0.3, -0.25) is 4.98 Å². The van der Waals surface area contributed by atoms with Gasteiger partial charge in [-0.1, -0.05) is 23.3 Å². The minimum absolute atomic E-state index is 0.481. The van der Waals surface area contributed by atoms with E-state index in [1.165, 1.54) is 11.1 Å². The summed E-state index contributed by atoms with van der Waals surface area (Å²) in [6.45, 7) is 4.09. The Bertz CT molecular complexity index is 880. The van der Waals surface area contributed by atoms with Crippen molar-refractivity contribution in [3.8, 4) is 17.5 Å². The maximum absolute atomic E-state index is 9.33. The lowest BCUT2D eigenvalue weighted by atomic mass is 10.1. The molecular formula is C18H15N5. The normalized spacial score (nSPS) is 11.3. The largest absolute Gasteiger partial charge is 0.264 e. The Kier molecular flexibility index (Phi) is 3.98.